The fourth-order valence-electron chi connectivity index (χ4n) is 2.77. The summed E-state index contributed by atoms with van der Waals surface area (Å²) in [5.41, 5.74) is 0.533. The third-order valence-electron chi connectivity index (χ3n) is 3.99. The van der Waals surface area contributed by atoms with Crippen molar-refractivity contribution in [2.45, 2.75) is 13.0 Å². The summed E-state index contributed by atoms with van der Waals surface area (Å²) in [5.74, 6) is 0.213. The smallest absolute Gasteiger partial charge is 0.272 e. The highest BCUT2D eigenvalue weighted by Crippen LogP contribution is 2.15. The van der Waals surface area contributed by atoms with Crippen molar-refractivity contribution in [3.05, 3.63) is 70.5 Å². The average Bonchev–Trinajstić information content (AvgIpc) is 3.06. The van der Waals surface area contributed by atoms with Gasteiger partial charge in [-0.3, -0.25) is 14.0 Å². The number of carbonyl (C=O) groups excluding carboxylic acids is 1. The Morgan fingerprint density at radius 1 is 1.12 bits per heavy atom. The van der Waals surface area contributed by atoms with E-state index in [9.17, 15) is 9.59 Å². The van der Waals surface area contributed by atoms with Gasteiger partial charge in [0.15, 0.2) is 17.2 Å². The van der Waals surface area contributed by atoms with Crippen LogP contribution in [0.5, 0.6) is 0 Å². The van der Waals surface area contributed by atoms with Gasteiger partial charge in [-0.1, -0.05) is 24.3 Å². The summed E-state index contributed by atoms with van der Waals surface area (Å²) in [6, 6.07) is 12.0. The van der Waals surface area contributed by atoms with Crippen molar-refractivity contribution in [1.82, 2.24) is 30.1 Å². The molecule has 2 N–H and O–H groups in total. The molecular formula is C17H14N6O2. The van der Waals surface area contributed by atoms with Gasteiger partial charge in [0.25, 0.3) is 11.5 Å². The second kappa shape index (κ2) is 5.82. The second-order valence-electron chi connectivity index (χ2n) is 5.63. The molecule has 1 atom stereocenters. The Balaban J connectivity index is 1.69. The molecule has 0 aliphatic rings. The zero-order valence-electron chi connectivity index (χ0n) is 13.3. The van der Waals surface area contributed by atoms with Crippen LogP contribution in [-0.4, -0.2) is 30.7 Å². The van der Waals surface area contributed by atoms with Gasteiger partial charge < -0.3 is 5.32 Å². The first-order valence-electron chi connectivity index (χ1n) is 7.73. The third kappa shape index (κ3) is 2.53. The number of rotatable bonds is 3. The van der Waals surface area contributed by atoms with Crippen LogP contribution in [0.15, 0.2) is 53.5 Å². The quantitative estimate of drug-likeness (QED) is 0.590. The minimum absolute atomic E-state index is 0.163. The van der Waals surface area contributed by atoms with Crippen molar-refractivity contribution in [3.8, 4) is 0 Å². The van der Waals surface area contributed by atoms with Gasteiger partial charge in [-0.05, 0) is 25.1 Å². The molecule has 25 heavy (non-hydrogen) atoms. The number of benzene rings is 1. The molecule has 0 saturated carbocycles. The summed E-state index contributed by atoms with van der Waals surface area (Å²) >= 11 is 0. The second-order valence-corrected chi connectivity index (χ2v) is 5.63. The van der Waals surface area contributed by atoms with Crippen LogP contribution < -0.4 is 10.9 Å². The van der Waals surface area contributed by atoms with E-state index in [1.807, 2.05) is 35.7 Å². The van der Waals surface area contributed by atoms with Gasteiger partial charge in [0.05, 0.1) is 11.4 Å². The van der Waals surface area contributed by atoms with Crippen molar-refractivity contribution in [2.75, 3.05) is 0 Å². The Kier molecular flexibility index (Phi) is 3.50. The maximum atomic E-state index is 12.7. The van der Waals surface area contributed by atoms with E-state index >= 15 is 0 Å². The number of aromatic amines is 1. The fraction of sp³-hybridized carbons (Fsp3) is 0.118. The minimum Gasteiger partial charge on any atom is -0.341 e. The van der Waals surface area contributed by atoms with E-state index < -0.39 is 11.9 Å². The average molecular weight is 334 g/mol. The molecule has 0 bridgehead atoms. The molecule has 3 aromatic heterocycles. The van der Waals surface area contributed by atoms with Crippen molar-refractivity contribution in [1.29, 1.82) is 0 Å². The fourth-order valence-corrected chi connectivity index (χ4v) is 2.77. The molecule has 4 rings (SSSR count). The van der Waals surface area contributed by atoms with E-state index in [4.69, 9.17) is 0 Å². The molecule has 1 amide bonds. The molecule has 0 radical (unpaired) electrons. The lowest BCUT2D eigenvalue weighted by atomic mass is 10.1. The highest BCUT2D eigenvalue weighted by molar-refractivity contribution is 6.04. The van der Waals surface area contributed by atoms with Gasteiger partial charge >= 0.3 is 0 Å². The first kappa shape index (κ1) is 15.0. The highest BCUT2D eigenvalue weighted by Gasteiger charge is 2.19. The van der Waals surface area contributed by atoms with Gasteiger partial charge in [0, 0.05) is 11.6 Å². The monoisotopic (exact) mass is 334 g/mol. The number of fused-ring (bicyclic) bond motifs is 2. The summed E-state index contributed by atoms with van der Waals surface area (Å²) in [4.78, 5) is 24.5. The van der Waals surface area contributed by atoms with Crippen molar-refractivity contribution in [2.24, 2.45) is 0 Å². The number of pyridine rings is 1. The molecule has 8 heteroatoms. The van der Waals surface area contributed by atoms with Crippen molar-refractivity contribution >= 4 is 22.3 Å². The zero-order valence-corrected chi connectivity index (χ0v) is 13.3. The molecule has 0 saturated heterocycles. The molecule has 8 nitrogen and oxygen atoms in total. The molecule has 0 aliphatic heterocycles. The van der Waals surface area contributed by atoms with Gasteiger partial charge in [-0.15, -0.1) is 10.2 Å². The number of hydrogen-bond donors (Lipinski definition) is 2. The number of H-pyrrole nitrogens is 1. The van der Waals surface area contributed by atoms with Gasteiger partial charge in [-0.25, -0.2) is 5.10 Å². The summed E-state index contributed by atoms with van der Waals surface area (Å²) in [7, 11) is 0. The topological polar surface area (TPSA) is 105 Å². The summed E-state index contributed by atoms with van der Waals surface area (Å²) in [6.07, 6.45) is 1.83. The Morgan fingerprint density at radius 3 is 2.72 bits per heavy atom. The summed E-state index contributed by atoms with van der Waals surface area (Å²) in [6.45, 7) is 1.81. The van der Waals surface area contributed by atoms with E-state index in [1.54, 1.807) is 24.3 Å². The lowest BCUT2D eigenvalue weighted by Gasteiger charge is -2.12. The molecule has 1 aromatic carbocycles. The van der Waals surface area contributed by atoms with E-state index in [1.165, 1.54) is 0 Å². The minimum atomic E-state index is -0.396. The van der Waals surface area contributed by atoms with Crippen molar-refractivity contribution < 1.29 is 4.79 Å². The lowest BCUT2D eigenvalue weighted by Crippen LogP contribution is -2.30. The number of nitrogens with zero attached hydrogens (tertiary/aromatic N) is 4. The predicted octanol–water partition coefficient (Wildman–Crippen LogP) is 1.46. The molecular weight excluding hydrogens is 320 g/mol. The zero-order chi connectivity index (χ0) is 17.4. The largest absolute Gasteiger partial charge is 0.341 e. The normalized spacial score (nSPS) is 12.4. The van der Waals surface area contributed by atoms with Crippen LogP contribution in [0.4, 0.5) is 0 Å². The number of hydrogen-bond acceptors (Lipinski definition) is 5. The maximum Gasteiger partial charge on any atom is 0.272 e. The Bertz CT molecular complexity index is 1150. The van der Waals surface area contributed by atoms with Gasteiger partial charge in [0.2, 0.25) is 0 Å². The van der Waals surface area contributed by atoms with Crippen LogP contribution in [0, 0.1) is 0 Å². The van der Waals surface area contributed by atoms with E-state index in [0.717, 1.165) is 0 Å². The number of amides is 1. The maximum absolute atomic E-state index is 12.7. The first-order valence-corrected chi connectivity index (χ1v) is 7.73. The molecule has 3 heterocycles. The van der Waals surface area contributed by atoms with Crippen LogP contribution in [0.25, 0.3) is 16.4 Å². The number of carbonyl (C=O) groups is 1. The number of aromatic nitrogens is 5. The van der Waals surface area contributed by atoms with Crippen LogP contribution in [-0.2, 0) is 0 Å². The van der Waals surface area contributed by atoms with Crippen molar-refractivity contribution in [3.63, 3.8) is 0 Å². The molecule has 0 fully saturated rings. The molecule has 0 unspecified atom stereocenters. The Hall–Kier alpha value is -3.55. The lowest BCUT2D eigenvalue weighted by molar-refractivity contribution is 0.0934. The molecule has 0 aliphatic carbocycles. The van der Waals surface area contributed by atoms with Gasteiger partial charge in [0.1, 0.15) is 0 Å². The van der Waals surface area contributed by atoms with Crippen LogP contribution >= 0.6 is 0 Å². The summed E-state index contributed by atoms with van der Waals surface area (Å²) < 4.78 is 1.81. The van der Waals surface area contributed by atoms with E-state index in [0.29, 0.717) is 22.2 Å². The highest BCUT2D eigenvalue weighted by atomic mass is 16.2. The Labute approximate surface area is 141 Å². The van der Waals surface area contributed by atoms with Crippen LogP contribution in [0.3, 0.4) is 0 Å². The number of nitrogens with one attached hydrogen (secondary N) is 2. The SMILES string of the molecule is C[C@@H](NC(=O)c1n[nH]c(=O)c2ccccc12)c1nnc2ccccn12. The van der Waals surface area contributed by atoms with Gasteiger partial charge in [-0.2, -0.15) is 5.10 Å². The molecule has 4 aromatic rings. The first-order chi connectivity index (χ1) is 12.1. The van der Waals surface area contributed by atoms with Crippen LogP contribution in [0.2, 0.25) is 0 Å². The molecule has 0 spiro atoms. The standard InChI is InChI=1S/C17H14N6O2/c1-10(15-21-19-13-8-4-5-9-23(13)15)18-17(25)14-11-6-2-3-7-12(11)16(24)22-20-14/h2-10H,1H3,(H,18,25)(H,22,24)/t10-/m1/s1. The Morgan fingerprint density at radius 2 is 1.88 bits per heavy atom. The van der Waals surface area contributed by atoms with Crippen LogP contribution in [0.1, 0.15) is 29.3 Å². The van der Waals surface area contributed by atoms with E-state index in [2.05, 4.69) is 25.7 Å². The predicted molar refractivity (Wildman–Crippen MR) is 91.2 cm³/mol. The third-order valence-corrected chi connectivity index (χ3v) is 3.99. The molecule has 124 valence electrons. The van der Waals surface area contributed by atoms with E-state index in [-0.39, 0.29) is 11.3 Å². The summed E-state index contributed by atoms with van der Waals surface area (Å²) in [5, 5.41) is 18.3.